The van der Waals surface area contributed by atoms with E-state index in [9.17, 15) is 22.8 Å². The zero-order valence-electron chi connectivity index (χ0n) is 26.1. The molecule has 0 saturated carbocycles. The van der Waals surface area contributed by atoms with Crippen LogP contribution in [0.5, 0.6) is 0 Å². The smallest absolute Gasteiger partial charge is 0.346 e. The molecule has 0 spiro atoms. The molecule has 0 saturated heterocycles. The molecule has 1 heterocycles. The van der Waals surface area contributed by atoms with Crippen molar-refractivity contribution in [2.45, 2.75) is 31.0 Å². The normalized spacial score (nSPS) is 13.1. The third-order valence-electron chi connectivity index (χ3n) is 9.06. The largest absolute Gasteiger partial charge is 0.405 e. The molecule has 246 valence electrons. The Morgan fingerprint density at radius 2 is 1.43 bits per heavy atom. The number of amides is 2. The van der Waals surface area contributed by atoms with E-state index >= 15 is 0 Å². The summed E-state index contributed by atoms with van der Waals surface area (Å²) < 4.78 is 41.7. The van der Waals surface area contributed by atoms with E-state index in [1.54, 1.807) is 36.7 Å². The maximum atomic E-state index is 13.8. The lowest BCUT2D eigenvalue weighted by atomic mass is 9.73. The summed E-state index contributed by atoms with van der Waals surface area (Å²) in [6.07, 6.45) is -2.08. The van der Waals surface area contributed by atoms with Crippen molar-refractivity contribution in [1.29, 1.82) is 0 Å². The van der Waals surface area contributed by atoms with E-state index in [-0.39, 0.29) is 12.3 Å². The molecule has 0 atom stereocenters. The third kappa shape index (κ3) is 6.18. The van der Waals surface area contributed by atoms with Gasteiger partial charge in [-0.25, -0.2) is 4.98 Å². The minimum Gasteiger partial charge on any atom is -0.346 e. The van der Waals surface area contributed by atoms with Crippen LogP contribution < -0.4 is 10.6 Å². The van der Waals surface area contributed by atoms with E-state index in [1.807, 2.05) is 89.5 Å². The lowest BCUT2D eigenvalue weighted by Gasteiger charge is -2.31. The number of carbonyl (C=O) groups is 2. The van der Waals surface area contributed by atoms with Crippen molar-refractivity contribution in [2.75, 3.05) is 11.9 Å². The quantitative estimate of drug-likeness (QED) is 0.160. The molecule has 6 aromatic rings. The fraction of sp³-hybridized carbons (Fsp3) is 0.154. The topological polar surface area (TPSA) is 76.0 Å². The molecule has 0 radical (unpaired) electrons. The van der Waals surface area contributed by atoms with Gasteiger partial charge in [0.15, 0.2) is 0 Å². The van der Waals surface area contributed by atoms with E-state index in [2.05, 4.69) is 15.6 Å². The van der Waals surface area contributed by atoms with Gasteiger partial charge in [-0.2, -0.15) is 13.2 Å². The molecular formula is C39H30ClF3N4O2. The van der Waals surface area contributed by atoms with Crippen LogP contribution in [0.3, 0.4) is 0 Å². The number of hydrogen-bond donors (Lipinski definition) is 2. The van der Waals surface area contributed by atoms with Crippen LogP contribution >= 0.6 is 11.6 Å². The molecular weight excluding hydrogens is 649 g/mol. The highest BCUT2D eigenvalue weighted by molar-refractivity contribution is 6.30. The van der Waals surface area contributed by atoms with Crippen LogP contribution in [-0.2, 0) is 16.8 Å². The summed E-state index contributed by atoms with van der Waals surface area (Å²) in [4.78, 5) is 31.8. The van der Waals surface area contributed by atoms with Crippen LogP contribution in [0.4, 0.5) is 18.9 Å². The molecule has 1 aliphatic rings. The number of alkyl halides is 3. The molecule has 1 aromatic heterocycles. The van der Waals surface area contributed by atoms with Crippen molar-refractivity contribution in [3.8, 4) is 22.3 Å². The molecule has 7 rings (SSSR count). The molecule has 0 unspecified atom stereocenters. The van der Waals surface area contributed by atoms with Gasteiger partial charge in [-0.05, 0) is 82.6 Å². The predicted molar refractivity (Wildman–Crippen MR) is 186 cm³/mol. The standard InChI is InChI=1S/C39H30ClF3N4O2/c40-26-16-14-25(15-17-26)28-8-1-2-11-31(28)36(48)46-27-18-19-35-34(22-27)45-24-47(35)21-7-20-38(37(49)44-23-39(41,42)43)32-12-5-3-9-29(32)30-10-4-6-13-33(30)38/h1-6,8-19,22,24H,7,20-21,23H2,(H,44,49)(H,46,48). The maximum absolute atomic E-state index is 13.8. The van der Waals surface area contributed by atoms with Crippen LogP contribution in [0.2, 0.25) is 5.02 Å². The van der Waals surface area contributed by atoms with Gasteiger partial charge in [0.25, 0.3) is 5.91 Å². The number of hydrogen-bond acceptors (Lipinski definition) is 3. The van der Waals surface area contributed by atoms with E-state index in [1.165, 1.54) is 0 Å². The first kappa shape index (κ1) is 32.2. The van der Waals surface area contributed by atoms with E-state index in [0.29, 0.717) is 45.9 Å². The van der Waals surface area contributed by atoms with E-state index in [4.69, 9.17) is 11.6 Å². The zero-order valence-corrected chi connectivity index (χ0v) is 26.9. The predicted octanol–water partition coefficient (Wildman–Crippen LogP) is 9.03. The van der Waals surface area contributed by atoms with Crippen molar-refractivity contribution in [1.82, 2.24) is 14.9 Å². The summed E-state index contributed by atoms with van der Waals surface area (Å²) in [6, 6.07) is 34.9. The molecule has 0 aliphatic heterocycles. The number of aromatic nitrogens is 2. The van der Waals surface area contributed by atoms with Gasteiger partial charge in [0.1, 0.15) is 12.0 Å². The highest BCUT2D eigenvalue weighted by Gasteiger charge is 2.49. The van der Waals surface area contributed by atoms with E-state index < -0.39 is 24.0 Å². The number of fused-ring (bicyclic) bond motifs is 4. The number of aryl methyl sites for hydroxylation is 1. The Balaban J connectivity index is 1.11. The van der Waals surface area contributed by atoms with Gasteiger partial charge < -0.3 is 15.2 Å². The summed E-state index contributed by atoms with van der Waals surface area (Å²) >= 11 is 6.06. The molecule has 2 N–H and O–H groups in total. The number of anilines is 1. The Kier molecular flexibility index (Phi) is 8.46. The van der Waals surface area contributed by atoms with Crippen LogP contribution in [0, 0.1) is 0 Å². The number of halogens is 4. The van der Waals surface area contributed by atoms with E-state index in [0.717, 1.165) is 27.8 Å². The second-order valence-corrected chi connectivity index (χ2v) is 12.5. The second kappa shape index (κ2) is 12.9. The van der Waals surface area contributed by atoms with Crippen LogP contribution in [0.25, 0.3) is 33.3 Å². The van der Waals surface area contributed by atoms with Gasteiger partial charge in [-0.15, -0.1) is 0 Å². The van der Waals surface area contributed by atoms with Crippen molar-refractivity contribution in [3.63, 3.8) is 0 Å². The van der Waals surface area contributed by atoms with Gasteiger partial charge in [0.2, 0.25) is 5.91 Å². The molecule has 1 aliphatic carbocycles. The number of imidazole rings is 1. The number of carbonyl (C=O) groups excluding carboxylic acids is 2. The van der Waals surface area contributed by atoms with Crippen LogP contribution in [0.1, 0.15) is 34.3 Å². The first-order valence-electron chi connectivity index (χ1n) is 15.8. The summed E-state index contributed by atoms with van der Waals surface area (Å²) in [5.74, 6) is -0.939. The first-order chi connectivity index (χ1) is 23.6. The summed E-state index contributed by atoms with van der Waals surface area (Å²) in [6.45, 7) is -0.940. The highest BCUT2D eigenvalue weighted by atomic mass is 35.5. The summed E-state index contributed by atoms with van der Waals surface area (Å²) in [5.41, 5.74) is 6.03. The number of nitrogens with zero attached hydrogens (tertiary/aromatic N) is 2. The minimum atomic E-state index is -4.54. The van der Waals surface area contributed by atoms with Crippen molar-refractivity contribution >= 4 is 40.1 Å². The Morgan fingerprint density at radius 3 is 2.10 bits per heavy atom. The third-order valence-corrected chi connectivity index (χ3v) is 9.31. The molecule has 0 bridgehead atoms. The summed E-state index contributed by atoms with van der Waals surface area (Å²) in [5, 5.41) is 5.78. The molecule has 2 amide bonds. The molecule has 5 aromatic carbocycles. The van der Waals surface area contributed by atoms with Crippen molar-refractivity contribution in [2.24, 2.45) is 0 Å². The van der Waals surface area contributed by atoms with Crippen molar-refractivity contribution < 1.29 is 22.8 Å². The van der Waals surface area contributed by atoms with Gasteiger partial charge in [-0.1, -0.05) is 90.5 Å². The Morgan fingerprint density at radius 1 is 0.796 bits per heavy atom. The average Bonchev–Trinajstić information content (AvgIpc) is 3.64. The maximum Gasteiger partial charge on any atom is 0.405 e. The zero-order chi connectivity index (χ0) is 34.2. The van der Waals surface area contributed by atoms with Gasteiger partial charge in [-0.3, -0.25) is 9.59 Å². The fourth-order valence-corrected chi connectivity index (χ4v) is 7.01. The fourth-order valence-electron chi connectivity index (χ4n) is 6.88. The summed E-state index contributed by atoms with van der Waals surface area (Å²) in [7, 11) is 0. The molecule has 6 nitrogen and oxygen atoms in total. The highest BCUT2D eigenvalue weighted by Crippen LogP contribution is 2.51. The molecule has 0 fully saturated rings. The lowest BCUT2D eigenvalue weighted by Crippen LogP contribution is -2.47. The molecule has 10 heteroatoms. The Labute approximate surface area is 285 Å². The van der Waals surface area contributed by atoms with Gasteiger partial charge in [0.05, 0.1) is 17.4 Å². The van der Waals surface area contributed by atoms with Crippen LogP contribution in [-0.4, -0.2) is 34.1 Å². The number of benzene rings is 5. The average molecular weight is 679 g/mol. The SMILES string of the molecule is O=C(Nc1ccc2c(c1)ncn2CCCC1(C(=O)NCC(F)(F)F)c2ccccc2-c2ccccc21)c1ccccc1-c1ccc(Cl)cc1. The second-order valence-electron chi connectivity index (χ2n) is 12.0. The van der Waals surface area contributed by atoms with Crippen molar-refractivity contribution in [3.05, 3.63) is 143 Å². The number of rotatable bonds is 9. The minimum absolute atomic E-state index is 0.268. The van der Waals surface area contributed by atoms with Gasteiger partial charge in [0, 0.05) is 22.8 Å². The number of nitrogens with one attached hydrogen (secondary N) is 2. The lowest BCUT2D eigenvalue weighted by molar-refractivity contribution is -0.141. The monoisotopic (exact) mass is 678 g/mol. The Bertz CT molecular complexity index is 2150. The van der Waals surface area contributed by atoms with Gasteiger partial charge >= 0.3 is 6.18 Å². The van der Waals surface area contributed by atoms with Crippen LogP contribution in [0.15, 0.2) is 122 Å². The first-order valence-corrected chi connectivity index (χ1v) is 16.2. The Hall–Kier alpha value is -5.41. The molecule has 49 heavy (non-hydrogen) atoms.